The Morgan fingerprint density at radius 3 is 1.67 bits per heavy atom. The monoisotopic (exact) mass is 169 g/mol. The molecule has 0 rings (SSSR count). The first-order valence-corrected chi connectivity index (χ1v) is 4.78. The van der Waals surface area contributed by atoms with Crippen molar-refractivity contribution in [2.24, 2.45) is 5.92 Å². The van der Waals surface area contributed by atoms with E-state index in [4.69, 9.17) is 0 Å². The summed E-state index contributed by atoms with van der Waals surface area (Å²) in [5, 5.41) is 0. The Balaban J connectivity index is 4.54. The highest BCUT2D eigenvalue weighted by molar-refractivity contribution is 5.10. The second-order valence-electron chi connectivity index (χ2n) is 4.13. The summed E-state index contributed by atoms with van der Waals surface area (Å²) in [5.41, 5.74) is 2.91. The zero-order valence-electron chi connectivity index (χ0n) is 9.60. The average Bonchev–Trinajstić information content (AvgIpc) is 2.00. The first kappa shape index (κ1) is 11.5. The van der Waals surface area contributed by atoms with Gasteiger partial charge in [-0.15, -0.1) is 0 Å². The first-order valence-electron chi connectivity index (χ1n) is 4.78. The third-order valence-corrected chi connectivity index (χ3v) is 2.74. The van der Waals surface area contributed by atoms with Crippen LogP contribution in [-0.4, -0.2) is 18.0 Å². The van der Waals surface area contributed by atoms with Crippen molar-refractivity contribution in [1.82, 2.24) is 4.90 Å². The highest BCUT2D eigenvalue weighted by atomic mass is 15.1. The van der Waals surface area contributed by atoms with E-state index in [2.05, 4.69) is 53.5 Å². The second kappa shape index (κ2) is 4.54. The van der Waals surface area contributed by atoms with Crippen molar-refractivity contribution in [3.8, 4) is 0 Å². The molecular weight excluding hydrogens is 146 g/mol. The van der Waals surface area contributed by atoms with Crippen molar-refractivity contribution in [1.29, 1.82) is 0 Å². The molecule has 0 N–H and O–H groups in total. The second-order valence-corrected chi connectivity index (χ2v) is 4.13. The van der Waals surface area contributed by atoms with Gasteiger partial charge in [0.25, 0.3) is 0 Å². The SMILES string of the molecule is C/C(=C(\C)N(C)C(C)C)C(C)C. The molecule has 0 aromatic carbocycles. The molecule has 72 valence electrons. The van der Waals surface area contributed by atoms with Gasteiger partial charge >= 0.3 is 0 Å². The number of allylic oxidation sites excluding steroid dienone is 2. The lowest BCUT2D eigenvalue weighted by molar-refractivity contribution is 0.338. The Kier molecular flexibility index (Phi) is 4.36. The summed E-state index contributed by atoms with van der Waals surface area (Å²) in [6.07, 6.45) is 0. The van der Waals surface area contributed by atoms with Gasteiger partial charge in [-0.25, -0.2) is 0 Å². The minimum absolute atomic E-state index is 0.596. The maximum Gasteiger partial charge on any atom is 0.0227 e. The molecule has 12 heavy (non-hydrogen) atoms. The molecule has 1 nitrogen and oxygen atoms in total. The van der Waals surface area contributed by atoms with Crippen LogP contribution in [0.25, 0.3) is 0 Å². The van der Waals surface area contributed by atoms with Crippen LogP contribution in [-0.2, 0) is 0 Å². The van der Waals surface area contributed by atoms with Crippen molar-refractivity contribution in [2.45, 2.75) is 47.6 Å². The predicted octanol–water partition coefficient (Wildman–Crippen LogP) is 3.28. The Bertz CT molecular complexity index is 166. The van der Waals surface area contributed by atoms with Crippen LogP contribution in [0.5, 0.6) is 0 Å². The summed E-state index contributed by atoms with van der Waals surface area (Å²) >= 11 is 0. The zero-order valence-corrected chi connectivity index (χ0v) is 9.60. The van der Waals surface area contributed by atoms with Gasteiger partial charge in [0, 0.05) is 18.8 Å². The lowest BCUT2D eigenvalue weighted by atomic mass is 10.0. The molecule has 0 aliphatic heterocycles. The summed E-state index contributed by atoms with van der Waals surface area (Å²) in [7, 11) is 2.16. The lowest BCUT2D eigenvalue weighted by Crippen LogP contribution is -2.25. The smallest absolute Gasteiger partial charge is 0.0227 e. The summed E-state index contributed by atoms with van der Waals surface area (Å²) in [6.45, 7) is 13.3. The van der Waals surface area contributed by atoms with Crippen molar-refractivity contribution in [3.63, 3.8) is 0 Å². The fraction of sp³-hybridized carbons (Fsp3) is 0.818. The van der Waals surface area contributed by atoms with E-state index in [1.807, 2.05) is 0 Å². The van der Waals surface area contributed by atoms with Gasteiger partial charge < -0.3 is 4.90 Å². The number of nitrogens with zero attached hydrogens (tertiary/aromatic N) is 1. The molecule has 0 bridgehead atoms. The first-order chi connectivity index (χ1) is 5.37. The fourth-order valence-electron chi connectivity index (χ4n) is 1.08. The van der Waals surface area contributed by atoms with E-state index in [0.717, 1.165) is 0 Å². The van der Waals surface area contributed by atoms with E-state index in [1.54, 1.807) is 0 Å². The molecular formula is C11H23N. The molecule has 0 spiro atoms. The van der Waals surface area contributed by atoms with Gasteiger partial charge in [-0.3, -0.25) is 0 Å². The van der Waals surface area contributed by atoms with Crippen molar-refractivity contribution in [3.05, 3.63) is 11.3 Å². The van der Waals surface area contributed by atoms with E-state index in [9.17, 15) is 0 Å². The van der Waals surface area contributed by atoms with Gasteiger partial charge in [-0.1, -0.05) is 19.4 Å². The van der Waals surface area contributed by atoms with Crippen LogP contribution in [0, 0.1) is 5.92 Å². The zero-order chi connectivity index (χ0) is 9.89. The molecule has 0 unspecified atom stereocenters. The highest BCUT2D eigenvalue weighted by Crippen LogP contribution is 2.17. The van der Waals surface area contributed by atoms with Gasteiger partial charge in [-0.05, 0) is 33.6 Å². The minimum Gasteiger partial charge on any atom is -0.376 e. The minimum atomic E-state index is 0.596. The normalized spacial score (nSPS) is 13.8. The Hall–Kier alpha value is -0.460. The quantitative estimate of drug-likeness (QED) is 0.626. The molecule has 0 aliphatic rings. The van der Waals surface area contributed by atoms with Crippen LogP contribution in [0.1, 0.15) is 41.5 Å². The number of hydrogen-bond acceptors (Lipinski definition) is 1. The average molecular weight is 169 g/mol. The standard InChI is InChI=1S/C11H23N/c1-8(2)10(5)11(6)12(7)9(3)4/h8-9H,1-7H3/b11-10-. The lowest BCUT2D eigenvalue weighted by Gasteiger charge is -2.27. The van der Waals surface area contributed by atoms with E-state index in [1.165, 1.54) is 11.3 Å². The molecule has 0 aliphatic carbocycles. The summed E-state index contributed by atoms with van der Waals surface area (Å²) in [6, 6.07) is 0.596. The molecule has 0 amide bonds. The van der Waals surface area contributed by atoms with Gasteiger partial charge in [0.2, 0.25) is 0 Å². The van der Waals surface area contributed by atoms with Gasteiger partial charge in [-0.2, -0.15) is 0 Å². The fourth-order valence-corrected chi connectivity index (χ4v) is 1.08. The molecule has 0 fully saturated rings. The van der Waals surface area contributed by atoms with Gasteiger partial charge in [0.05, 0.1) is 0 Å². The molecule has 0 saturated heterocycles. The van der Waals surface area contributed by atoms with E-state index < -0.39 is 0 Å². The maximum atomic E-state index is 2.33. The van der Waals surface area contributed by atoms with Gasteiger partial charge in [0.15, 0.2) is 0 Å². The maximum absolute atomic E-state index is 2.33. The van der Waals surface area contributed by atoms with Crippen LogP contribution < -0.4 is 0 Å². The third-order valence-electron chi connectivity index (χ3n) is 2.74. The third kappa shape index (κ3) is 2.88. The van der Waals surface area contributed by atoms with Crippen LogP contribution >= 0.6 is 0 Å². The predicted molar refractivity (Wildman–Crippen MR) is 56.1 cm³/mol. The number of rotatable bonds is 3. The summed E-state index contributed by atoms with van der Waals surface area (Å²) < 4.78 is 0. The molecule has 0 aromatic rings. The summed E-state index contributed by atoms with van der Waals surface area (Å²) in [5.74, 6) is 0.659. The Morgan fingerprint density at radius 2 is 1.42 bits per heavy atom. The van der Waals surface area contributed by atoms with Crippen LogP contribution in [0.2, 0.25) is 0 Å². The molecule has 0 aromatic heterocycles. The molecule has 0 atom stereocenters. The van der Waals surface area contributed by atoms with Crippen LogP contribution in [0.3, 0.4) is 0 Å². The van der Waals surface area contributed by atoms with Crippen molar-refractivity contribution < 1.29 is 0 Å². The molecule has 1 heteroatoms. The van der Waals surface area contributed by atoms with E-state index >= 15 is 0 Å². The number of hydrogen-bond donors (Lipinski definition) is 0. The topological polar surface area (TPSA) is 3.24 Å². The molecule has 0 saturated carbocycles. The van der Waals surface area contributed by atoms with Crippen LogP contribution in [0.15, 0.2) is 11.3 Å². The Morgan fingerprint density at radius 1 is 1.00 bits per heavy atom. The van der Waals surface area contributed by atoms with E-state index in [0.29, 0.717) is 12.0 Å². The highest BCUT2D eigenvalue weighted by Gasteiger charge is 2.08. The largest absolute Gasteiger partial charge is 0.376 e. The van der Waals surface area contributed by atoms with Crippen molar-refractivity contribution in [2.75, 3.05) is 7.05 Å². The van der Waals surface area contributed by atoms with E-state index in [-0.39, 0.29) is 0 Å². The summed E-state index contributed by atoms with van der Waals surface area (Å²) in [4.78, 5) is 2.33. The molecule has 0 radical (unpaired) electrons. The van der Waals surface area contributed by atoms with Crippen LogP contribution in [0.4, 0.5) is 0 Å². The molecule has 0 heterocycles. The van der Waals surface area contributed by atoms with Crippen molar-refractivity contribution >= 4 is 0 Å². The Labute approximate surface area is 77.5 Å². The van der Waals surface area contributed by atoms with Gasteiger partial charge in [0.1, 0.15) is 0 Å².